The summed E-state index contributed by atoms with van der Waals surface area (Å²) in [6, 6.07) is 38.3. The Balaban J connectivity index is 1.46. The molecule has 0 saturated carbocycles. The molecule has 3 N–H and O–H groups in total. The Morgan fingerprint density at radius 3 is 2.03 bits per heavy atom. The maximum Gasteiger partial charge on any atom is 0.267 e. The molecule has 1 amide bonds. The van der Waals surface area contributed by atoms with Gasteiger partial charge in [0.05, 0.1) is 11.4 Å². The van der Waals surface area contributed by atoms with E-state index >= 15 is 0 Å². The van der Waals surface area contributed by atoms with E-state index in [-0.39, 0.29) is 5.91 Å². The zero-order valence-electron chi connectivity index (χ0n) is 20.8. The summed E-state index contributed by atoms with van der Waals surface area (Å²) in [6.45, 7) is 2.07. The van der Waals surface area contributed by atoms with Gasteiger partial charge in [-0.1, -0.05) is 109 Å². The minimum absolute atomic E-state index is 0.246. The Morgan fingerprint density at radius 1 is 0.737 bits per heavy atom. The molecule has 38 heavy (non-hydrogen) atoms. The molecule has 2 heterocycles. The highest BCUT2D eigenvalue weighted by molar-refractivity contribution is 7.21. The second-order valence-electron chi connectivity index (χ2n) is 9.18. The number of pyridine rings is 1. The largest absolute Gasteiger partial charge is 0.397 e. The molecular weight excluding hydrogens is 486 g/mol. The number of carbonyl (C=O) groups is 1. The number of aromatic nitrogens is 1. The third kappa shape index (κ3) is 4.44. The number of rotatable bonds is 5. The lowest BCUT2D eigenvalue weighted by Crippen LogP contribution is -2.12. The van der Waals surface area contributed by atoms with Crippen LogP contribution in [0.2, 0.25) is 0 Å². The Hall–Kier alpha value is -4.74. The molecule has 0 fully saturated rings. The maximum atomic E-state index is 13.6. The van der Waals surface area contributed by atoms with Crippen molar-refractivity contribution in [3.63, 3.8) is 0 Å². The third-order valence-electron chi connectivity index (χ3n) is 6.60. The van der Waals surface area contributed by atoms with Crippen LogP contribution >= 0.6 is 11.3 Å². The van der Waals surface area contributed by atoms with Gasteiger partial charge in [0.25, 0.3) is 5.91 Å². The first kappa shape index (κ1) is 23.6. The lowest BCUT2D eigenvalue weighted by atomic mass is 9.99. The van der Waals surface area contributed by atoms with Gasteiger partial charge in [-0.15, -0.1) is 11.3 Å². The molecule has 5 heteroatoms. The minimum atomic E-state index is -0.246. The number of nitrogens with two attached hydrogens (primary N) is 1. The van der Waals surface area contributed by atoms with Crippen LogP contribution in [0.1, 0.15) is 15.2 Å². The minimum Gasteiger partial charge on any atom is -0.397 e. The number of carbonyl (C=O) groups excluding carboxylic acids is 1. The lowest BCUT2D eigenvalue weighted by molar-refractivity contribution is 0.103. The molecule has 0 aliphatic rings. The predicted molar refractivity (Wildman–Crippen MR) is 159 cm³/mol. The highest BCUT2D eigenvalue weighted by Gasteiger charge is 2.22. The Labute approximate surface area is 225 Å². The first-order chi connectivity index (χ1) is 18.6. The van der Waals surface area contributed by atoms with Crippen molar-refractivity contribution in [2.45, 2.75) is 6.92 Å². The number of nitrogen functional groups attached to an aromatic ring is 1. The van der Waals surface area contributed by atoms with Gasteiger partial charge in [0.2, 0.25) is 0 Å². The van der Waals surface area contributed by atoms with E-state index < -0.39 is 0 Å². The van der Waals surface area contributed by atoms with Crippen LogP contribution in [0.4, 0.5) is 11.4 Å². The molecule has 2 aromatic heterocycles. The van der Waals surface area contributed by atoms with Crippen molar-refractivity contribution in [1.29, 1.82) is 0 Å². The zero-order chi connectivity index (χ0) is 26.1. The summed E-state index contributed by atoms with van der Waals surface area (Å²) in [4.78, 5) is 19.8. The van der Waals surface area contributed by atoms with Gasteiger partial charge in [0.1, 0.15) is 9.71 Å². The summed E-state index contributed by atoms with van der Waals surface area (Å²) in [5, 5.41) is 3.91. The fourth-order valence-corrected chi connectivity index (χ4v) is 5.66. The van der Waals surface area contributed by atoms with Crippen LogP contribution in [0.15, 0.2) is 115 Å². The molecular formula is C33H25N3OS. The highest BCUT2D eigenvalue weighted by atomic mass is 32.1. The average molecular weight is 512 g/mol. The van der Waals surface area contributed by atoms with E-state index in [9.17, 15) is 4.79 Å². The number of para-hydroxylation sites is 1. The SMILES string of the molecule is Cc1ccc(-c2cc(-c3ccccc3)c3c(N)c(C(=O)Nc4ccccc4-c4ccccc4)sc3n2)cc1. The molecule has 0 spiro atoms. The van der Waals surface area contributed by atoms with Crippen LogP contribution in [0.3, 0.4) is 0 Å². The van der Waals surface area contributed by atoms with Gasteiger partial charge in [0.15, 0.2) is 0 Å². The normalized spacial score (nSPS) is 11.0. The molecule has 0 atom stereocenters. The van der Waals surface area contributed by atoms with Crippen molar-refractivity contribution < 1.29 is 4.79 Å². The average Bonchev–Trinajstić information content (AvgIpc) is 3.30. The zero-order valence-corrected chi connectivity index (χ0v) is 21.6. The summed E-state index contributed by atoms with van der Waals surface area (Å²) >= 11 is 1.33. The topological polar surface area (TPSA) is 68.0 Å². The van der Waals surface area contributed by atoms with Crippen LogP contribution < -0.4 is 11.1 Å². The van der Waals surface area contributed by atoms with Gasteiger partial charge in [-0.3, -0.25) is 4.79 Å². The smallest absolute Gasteiger partial charge is 0.267 e. The quantitative estimate of drug-likeness (QED) is 0.244. The van der Waals surface area contributed by atoms with E-state index in [4.69, 9.17) is 10.7 Å². The molecule has 0 unspecified atom stereocenters. The Kier molecular flexibility index (Phi) is 6.20. The maximum absolute atomic E-state index is 13.6. The summed E-state index contributed by atoms with van der Waals surface area (Å²) in [7, 11) is 0. The molecule has 6 aromatic rings. The van der Waals surface area contributed by atoms with E-state index in [1.165, 1.54) is 16.9 Å². The lowest BCUT2D eigenvalue weighted by Gasteiger charge is -2.11. The molecule has 4 aromatic carbocycles. The molecule has 6 rings (SSSR count). The molecule has 0 radical (unpaired) electrons. The molecule has 4 nitrogen and oxygen atoms in total. The standard InChI is InChI=1S/C33H25N3OS/c1-21-16-18-24(19-17-21)28-20-26(23-12-6-3-7-13-23)29-30(34)31(38-33(29)36-28)32(37)35-27-15-9-8-14-25(27)22-10-4-2-5-11-22/h2-20H,34H2,1H3,(H,35,37). The van der Waals surface area contributed by atoms with Crippen molar-refractivity contribution in [3.8, 4) is 33.5 Å². The summed E-state index contributed by atoms with van der Waals surface area (Å²) in [5.74, 6) is -0.246. The van der Waals surface area contributed by atoms with Crippen LogP contribution in [0.5, 0.6) is 0 Å². The fourth-order valence-electron chi connectivity index (χ4n) is 4.65. The van der Waals surface area contributed by atoms with Crippen molar-refractivity contribution in [3.05, 3.63) is 126 Å². The van der Waals surface area contributed by atoms with Gasteiger partial charge in [0, 0.05) is 22.2 Å². The number of hydrogen-bond donors (Lipinski definition) is 2. The molecule has 0 aliphatic heterocycles. The van der Waals surface area contributed by atoms with Gasteiger partial charge in [-0.25, -0.2) is 4.98 Å². The molecule has 184 valence electrons. The first-order valence-electron chi connectivity index (χ1n) is 12.4. The van der Waals surface area contributed by atoms with Crippen LogP contribution in [0, 0.1) is 6.92 Å². The fraction of sp³-hybridized carbons (Fsp3) is 0.0303. The van der Waals surface area contributed by atoms with Crippen molar-refractivity contribution in [2.24, 2.45) is 0 Å². The second kappa shape index (κ2) is 9.96. The van der Waals surface area contributed by atoms with Gasteiger partial charge in [-0.05, 0) is 35.7 Å². The third-order valence-corrected chi connectivity index (χ3v) is 7.70. The monoisotopic (exact) mass is 511 g/mol. The summed E-state index contributed by atoms with van der Waals surface area (Å²) in [6.07, 6.45) is 0. The number of nitrogens with one attached hydrogen (secondary N) is 1. The molecule has 0 aliphatic carbocycles. The number of hydrogen-bond acceptors (Lipinski definition) is 4. The van der Waals surface area contributed by atoms with Crippen LogP contribution in [-0.2, 0) is 0 Å². The summed E-state index contributed by atoms with van der Waals surface area (Å²) in [5.41, 5.74) is 14.9. The van der Waals surface area contributed by atoms with E-state index in [2.05, 4.69) is 54.7 Å². The van der Waals surface area contributed by atoms with E-state index in [0.29, 0.717) is 10.6 Å². The van der Waals surface area contributed by atoms with Gasteiger partial charge in [-0.2, -0.15) is 0 Å². The number of amides is 1. The second-order valence-corrected chi connectivity index (χ2v) is 10.2. The van der Waals surface area contributed by atoms with Gasteiger partial charge < -0.3 is 11.1 Å². The number of aryl methyl sites for hydroxylation is 1. The Bertz CT molecular complexity index is 1760. The number of thiophene rings is 1. The van der Waals surface area contributed by atoms with E-state index in [1.54, 1.807) is 0 Å². The summed E-state index contributed by atoms with van der Waals surface area (Å²) < 4.78 is 0. The van der Waals surface area contributed by atoms with Crippen LogP contribution in [0.25, 0.3) is 43.7 Å². The highest BCUT2D eigenvalue weighted by Crippen LogP contribution is 2.42. The number of anilines is 2. The van der Waals surface area contributed by atoms with Gasteiger partial charge >= 0.3 is 0 Å². The first-order valence-corrected chi connectivity index (χ1v) is 13.2. The van der Waals surface area contributed by atoms with E-state index in [1.807, 2.05) is 72.8 Å². The van der Waals surface area contributed by atoms with Crippen molar-refractivity contribution in [1.82, 2.24) is 4.98 Å². The molecule has 0 bridgehead atoms. The Morgan fingerprint density at radius 2 is 1.34 bits per heavy atom. The van der Waals surface area contributed by atoms with Crippen molar-refractivity contribution >= 4 is 38.8 Å². The number of nitrogens with zero attached hydrogens (tertiary/aromatic N) is 1. The molecule has 0 saturated heterocycles. The van der Waals surface area contributed by atoms with Crippen molar-refractivity contribution in [2.75, 3.05) is 11.1 Å². The van der Waals surface area contributed by atoms with Crippen LogP contribution in [-0.4, -0.2) is 10.9 Å². The predicted octanol–water partition coefficient (Wildman–Crippen LogP) is 8.44. The number of fused-ring (bicyclic) bond motifs is 1. The van der Waals surface area contributed by atoms with E-state index in [0.717, 1.165) is 49.4 Å². The number of benzene rings is 4.